The number of hydrogen-bond donors (Lipinski definition) is 3. The zero-order valence-corrected chi connectivity index (χ0v) is 8.85. The molecular weight excluding hydrogens is 208 g/mol. The molecule has 15 heavy (non-hydrogen) atoms. The van der Waals surface area contributed by atoms with Crippen LogP contribution in [0, 0.1) is 11.3 Å². The number of carboxylic acid groups (broad SMARTS) is 1. The maximum absolute atomic E-state index is 10.0. The first kappa shape index (κ1) is 29.2. The van der Waals surface area contributed by atoms with Gasteiger partial charge in [-0.25, -0.2) is 0 Å². The van der Waals surface area contributed by atoms with Crippen LogP contribution in [0.4, 0.5) is 0 Å². The fraction of sp³-hybridized carbons (Fsp3) is 0.714. The van der Waals surface area contributed by atoms with E-state index in [4.69, 9.17) is 10.5 Å². The lowest BCUT2D eigenvalue weighted by atomic mass is 10.2. The zero-order valence-electron chi connectivity index (χ0n) is 8.85. The second-order valence-corrected chi connectivity index (χ2v) is 2.64. The summed E-state index contributed by atoms with van der Waals surface area (Å²) in [6.07, 6.45) is 0.0646. The van der Waals surface area contributed by atoms with E-state index in [2.05, 4.69) is 5.32 Å². The molecule has 8 nitrogen and oxygen atoms in total. The summed E-state index contributed by atoms with van der Waals surface area (Å²) in [6, 6.07) is 0. The van der Waals surface area contributed by atoms with Gasteiger partial charge < -0.3 is 32.3 Å². The lowest BCUT2D eigenvalue weighted by Gasteiger charge is -2.08. The van der Waals surface area contributed by atoms with E-state index in [9.17, 15) is 4.79 Å². The minimum Gasteiger partial charge on any atom is -0.481 e. The van der Waals surface area contributed by atoms with E-state index in [1.807, 2.05) is 13.8 Å². The van der Waals surface area contributed by atoms with Gasteiger partial charge in [0.1, 0.15) is 0 Å². The van der Waals surface area contributed by atoms with Gasteiger partial charge in [-0.1, -0.05) is 13.8 Å². The van der Waals surface area contributed by atoms with Gasteiger partial charge in [-0.2, -0.15) is 0 Å². The van der Waals surface area contributed by atoms with Crippen LogP contribution in [0.1, 0.15) is 20.3 Å². The molecule has 0 aromatic heterocycles. The van der Waals surface area contributed by atoms with Crippen LogP contribution in [0.15, 0.2) is 0 Å². The molecule has 0 amide bonds. The number of carbonyl (C=O) groups is 1. The fourth-order valence-corrected chi connectivity index (χ4v) is 0.508. The average molecular weight is 230 g/mol. The highest BCUT2D eigenvalue weighted by Gasteiger charge is 2.01. The van der Waals surface area contributed by atoms with Crippen molar-refractivity contribution in [3.8, 4) is 0 Å². The molecule has 96 valence electrons. The van der Waals surface area contributed by atoms with Crippen molar-refractivity contribution in [3.05, 3.63) is 0 Å². The standard InChI is InChI=1S/C7H14N2O2.4H2O/c1-5(2)7(8)9-4-3-6(10)11;;;;/h5H,3-4H2,1-2H3,(H2,8,9)(H,10,11);4*1H2. The van der Waals surface area contributed by atoms with Gasteiger partial charge >= 0.3 is 5.97 Å². The Morgan fingerprint density at radius 2 is 1.67 bits per heavy atom. The molecule has 0 aromatic rings. The van der Waals surface area contributed by atoms with Crippen molar-refractivity contribution < 1.29 is 31.8 Å². The van der Waals surface area contributed by atoms with Crippen LogP contribution < -0.4 is 5.32 Å². The van der Waals surface area contributed by atoms with Gasteiger partial charge in [-0.05, 0) is 0 Å². The number of hydrogen-bond acceptors (Lipinski definition) is 2. The van der Waals surface area contributed by atoms with E-state index in [1.165, 1.54) is 0 Å². The predicted molar refractivity (Wildman–Crippen MR) is 57.3 cm³/mol. The van der Waals surface area contributed by atoms with Gasteiger partial charge in [-0.15, -0.1) is 0 Å². The van der Waals surface area contributed by atoms with Gasteiger partial charge in [0, 0.05) is 12.5 Å². The number of rotatable bonds is 4. The molecule has 0 aliphatic carbocycles. The summed E-state index contributed by atoms with van der Waals surface area (Å²) in [6.45, 7) is 4.11. The molecule has 0 rings (SSSR count). The Balaban J connectivity index is -0.0000000833. The third-order valence-electron chi connectivity index (χ3n) is 1.23. The Hall–Kier alpha value is -1.22. The number of aliphatic carboxylic acids is 1. The largest absolute Gasteiger partial charge is 0.481 e. The Kier molecular flexibility index (Phi) is 29.7. The Bertz CT molecular complexity index is 162. The normalized spacial score (nSPS) is 7.13. The first-order valence-corrected chi connectivity index (χ1v) is 3.58. The molecule has 0 atom stereocenters. The molecule has 0 radical (unpaired) electrons. The molecule has 0 aliphatic heterocycles. The van der Waals surface area contributed by atoms with Crippen molar-refractivity contribution in [2.75, 3.05) is 6.54 Å². The number of amidine groups is 1. The molecule has 11 N–H and O–H groups in total. The SMILES string of the molecule is CC(C)C(=N)NCCC(=O)O.O.O.O.O. The Morgan fingerprint density at radius 3 is 1.93 bits per heavy atom. The summed E-state index contributed by atoms with van der Waals surface area (Å²) in [7, 11) is 0. The van der Waals surface area contributed by atoms with Gasteiger partial charge in [-0.3, -0.25) is 10.2 Å². The topological polar surface area (TPSA) is 199 Å². The van der Waals surface area contributed by atoms with E-state index < -0.39 is 5.97 Å². The lowest BCUT2D eigenvalue weighted by Crippen LogP contribution is -2.29. The molecule has 0 spiro atoms. The molecule has 0 heterocycles. The Morgan fingerprint density at radius 1 is 1.27 bits per heavy atom. The van der Waals surface area contributed by atoms with Crippen molar-refractivity contribution in [1.82, 2.24) is 5.32 Å². The minimum atomic E-state index is -0.839. The molecule has 8 heteroatoms. The summed E-state index contributed by atoms with van der Waals surface area (Å²) in [5, 5.41) is 18.3. The second kappa shape index (κ2) is 15.3. The molecule has 0 aliphatic rings. The van der Waals surface area contributed by atoms with E-state index in [-0.39, 0.29) is 34.2 Å². The fourth-order valence-electron chi connectivity index (χ4n) is 0.508. The van der Waals surface area contributed by atoms with Gasteiger partial charge in [0.2, 0.25) is 0 Å². The second-order valence-electron chi connectivity index (χ2n) is 2.64. The first-order valence-electron chi connectivity index (χ1n) is 3.58. The van der Waals surface area contributed by atoms with E-state index in [0.29, 0.717) is 12.4 Å². The summed E-state index contributed by atoms with van der Waals surface area (Å²) < 4.78 is 0. The molecule has 0 bridgehead atoms. The Labute approximate surface area is 88.0 Å². The molecule has 0 unspecified atom stereocenters. The average Bonchev–Trinajstić information content (AvgIpc) is 1.86. The van der Waals surface area contributed by atoms with Crippen LogP contribution in [0.25, 0.3) is 0 Å². The molecule has 0 aromatic carbocycles. The smallest absolute Gasteiger partial charge is 0.305 e. The van der Waals surface area contributed by atoms with Crippen molar-refractivity contribution in [2.24, 2.45) is 5.92 Å². The summed E-state index contributed by atoms with van der Waals surface area (Å²) in [4.78, 5) is 10.0. The summed E-state index contributed by atoms with van der Waals surface area (Å²) >= 11 is 0. The van der Waals surface area contributed by atoms with E-state index >= 15 is 0 Å². The maximum atomic E-state index is 10.0. The lowest BCUT2D eigenvalue weighted by molar-refractivity contribution is -0.136. The third-order valence-corrected chi connectivity index (χ3v) is 1.23. The van der Waals surface area contributed by atoms with Crippen molar-refractivity contribution >= 4 is 11.8 Å². The predicted octanol–water partition coefficient (Wildman–Crippen LogP) is -2.61. The quantitative estimate of drug-likeness (QED) is 0.351. The van der Waals surface area contributed by atoms with Crippen molar-refractivity contribution in [1.29, 1.82) is 5.41 Å². The minimum absolute atomic E-state index is 0. The molecule has 0 saturated carbocycles. The van der Waals surface area contributed by atoms with Crippen molar-refractivity contribution in [3.63, 3.8) is 0 Å². The molecule has 0 fully saturated rings. The third kappa shape index (κ3) is 19.3. The molecular formula is C7H22N2O6. The zero-order chi connectivity index (χ0) is 8.85. The van der Waals surface area contributed by atoms with Crippen LogP contribution >= 0.6 is 0 Å². The monoisotopic (exact) mass is 230 g/mol. The van der Waals surface area contributed by atoms with Crippen LogP contribution in [0.2, 0.25) is 0 Å². The maximum Gasteiger partial charge on any atom is 0.305 e. The highest BCUT2D eigenvalue weighted by Crippen LogP contribution is 1.90. The van der Waals surface area contributed by atoms with Crippen LogP contribution in [-0.2, 0) is 4.79 Å². The van der Waals surface area contributed by atoms with Gasteiger partial charge in [0.05, 0.1) is 12.3 Å². The number of carboxylic acids is 1. The van der Waals surface area contributed by atoms with Gasteiger partial charge in [0.15, 0.2) is 0 Å². The van der Waals surface area contributed by atoms with Crippen molar-refractivity contribution in [2.45, 2.75) is 20.3 Å². The molecule has 0 saturated heterocycles. The van der Waals surface area contributed by atoms with E-state index in [0.717, 1.165) is 0 Å². The van der Waals surface area contributed by atoms with Gasteiger partial charge in [0.25, 0.3) is 0 Å². The van der Waals surface area contributed by atoms with Crippen LogP contribution in [0.5, 0.6) is 0 Å². The highest BCUT2D eigenvalue weighted by molar-refractivity contribution is 5.81. The highest BCUT2D eigenvalue weighted by atomic mass is 16.4. The first-order chi connectivity index (χ1) is 5.04. The summed E-state index contributed by atoms with van der Waals surface area (Å²) in [5.74, 6) is -0.302. The van der Waals surface area contributed by atoms with Crippen LogP contribution in [0.3, 0.4) is 0 Å². The summed E-state index contributed by atoms with van der Waals surface area (Å²) in [5.41, 5.74) is 0. The van der Waals surface area contributed by atoms with E-state index in [1.54, 1.807) is 0 Å². The van der Waals surface area contributed by atoms with Crippen LogP contribution in [-0.4, -0.2) is 45.4 Å². The number of nitrogens with one attached hydrogen (secondary N) is 2.